The van der Waals surface area contributed by atoms with E-state index in [0.29, 0.717) is 17.2 Å². The highest BCUT2D eigenvalue weighted by molar-refractivity contribution is 5.77. The number of nitrogens with zero attached hydrogens (tertiary/aromatic N) is 2. The number of benzene rings is 2. The van der Waals surface area contributed by atoms with Crippen LogP contribution in [0.25, 0.3) is 11.3 Å². The first kappa shape index (κ1) is 20.2. The first-order chi connectivity index (χ1) is 13.8. The van der Waals surface area contributed by atoms with Crippen LogP contribution in [0.4, 0.5) is 13.2 Å². The molecule has 0 unspecified atom stereocenters. The van der Waals surface area contributed by atoms with Crippen LogP contribution < -0.4 is 15.8 Å². The summed E-state index contributed by atoms with van der Waals surface area (Å²) in [5, 5.41) is 2.88. The van der Waals surface area contributed by atoms with E-state index in [4.69, 9.17) is 10.2 Å². The second-order valence-electron chi connectivity index (χ2n) is 6.23. The third-order valence-corrected chi connectivity index (χ3v) is 3.90. The number of rotatable bonds is 6. The normalized spacial score (nSPS) is 12.1. The van der Waals surface area contributed by atoms with Gasteiger partial charge in [-0.05, 0) is 24.6 Å². The number of halogens is 3. The standard InChI is InChI=1S/C20H19F3N4O2/c1-13-2-6-15(7-3-13)17-11-25-18(28-17)12-27-19(24)26-10-14-4-8-16(9-5-14)29-20(21,22)23/h2-9,11H,10,12H2,1H3,(H3,24,26,27). The van der Waals surface area contributed by atoms with Gasteiger partial charge < -0.3 is 20.2 Å². The van der Waals surface area contributed by atoms with Crippen molar-refractivity contribution >= 4 is 5.96 Å². The molecule has 0 saturated carbocycles. The van der Waals surface area contributed by atoms with E-state index in [1.165, 1.54) is 24.3 Å². The van der Waals surface area contributed by atoms with E-state index in [1.54, 1.807) is 6.20 Å². The smallest absolute Gasteiger partial charge is 0.439 e. The Hall–Kier alpha value is -3.49. The molecule has 9 heteroatoms. The molecule has 3 rings (SSSR count). The highest BCUT2D eigenvalue weighted by atomic mass is 19.4. The highest BCUT2D eigenvalue weighted by Crippen LogP contribution is 2.23. The van der Waals surface area contributed by atoms with Crippen LogP contribution in [-0.2, 0) is 13.1 Å². The van der Waals surface area contributed by atoms with Crippen molar-refractivity contribution in [1.82, 2.24) is 10.3 Å². The van der Waals surface area contributed by atoms with E-state index in [1.807, 2.05) is 31.2 Å². The Kier molecular flexibility index (Phi) is 6.06. The van der Waals surface area contributed by atoms with Gasteiger partial charge in [0.25, 0.3) is 0 Å². The Labute approximate surface area is 165 Å². The van der Waals surface area contributed by atoms with E-state index in [0.717, 1.165) is 11.1 Å². The van der Waals surface area contributed by atoms with Gasteiger partial charge in [-0.2, -0.15) is 0 Å². The number of hydrogen-bond acceptors (Lipinski definition) is 4. The maximum atomic E-state index is 12.2. The summed E-state index contributed by atoms with van der Waals surface area (Å²) in [6.07, 6.45) is -3.08. The minimum Gasteiger partial charge on any atom is -0.439 e. The molecule has 152 valence electrons. The number of aromatic nitrogens is 1. The Balaban J connectivity index is 1.51. The minimum absolute atomic E-state index is 0.163. The van der Waals surface area contributed by atoms with Crippen molar-refractivity contribution in [3.63, 3.8) is 0 Å². The molecule has 3 aromatic rings. The largest absolute Gasteiger partial charge is 0.573 e. The lowest BCUT2D eigenvalue weighted by atomic mass is 10.1. The zero-order chi connectivity index (χ0) is 20.9. The Bertz CT molecular complexity index is 965. The van der Waals surface area contributed by atoms with Gasteiger partial charge in [-0.1, -0.05) is 42.0 Å². The zero-order valence-corrected chi connectivity index (χ0v) is 15.5. The summed E-state index contributed by atoms with van der Waals surface area (Å²) < 4.78 is 46.0. The molecule has 2 aromatic carbocycles. The lowest BCUT2D eigenvalue weighted by molar-refractivity contribution is -0.274. The van der Waals surface area contributed by atoms with Gasteiger partial charge in [0.2, 0.25) is 5.89 Å². The second-order valence-corrected chi connectivity index (χ2v) is 6.23. The fraction of sp³-hybridized carbons (Fsp3) is 0.200. The molecule has 1 aromatic heterocycles. The average Bonchev–Trinajstić information content (AvgIpc) is 3.14. The van der Waals surface area contributed by atoms with Gasteiger partial charge in [0.15, 0.2) is 11.7 Å². The Morgan fingerprint density at radius 1 is 1.14 bits per heavy atom. The van der Waals surface area contributed by atoms with Crippen molar-refractivity contribution in [3.05, 3.63) is 71.7 Å². The van der Waals surface area contributed by atoms with Gasteiger partial charge in [-0.25, -0.2) is 9.98 Å². The summed E-state index contributed by atoms with van der Waals surface area (Å²) >= 11 is 0. The number of aliphatic imine (C=N–C) groups is 1. The monoisotopic (exact) mass is 404 g/mol. The number of nitrogens with two attached hydrogens (primary N) is 1. The van der Waals surface area contributed by atoms with E-state index in [9.17, 15) is 13.2 Å². The molecular weight excluding hydrogens is 385 g/mol. The molecule has 0 atom stereocenters. The van der Waals surface area contributed by atoms with Gasteiger partial charge in [0, 0.05) is 5.56 Å². The van der Waals surface area contributed by atoms with Crippen LogP contribution in [0.1, 0.15) is 17.0 Å². The molecule has 0 bridgehead atoms. The van der Waals surface area contributed by atoms with E-state index in [-0.39, 0.29) is 24.8 Å². The predicted octanol–water partition coefficient (Wildman–Crippen LogP) is 4.15. The van der Waals surface area contributed by atoms with Crippen molar-refractivity contribution in [2.24, 2.45) is 10.7 Å². The van der Waals surface area contributed by atoms with Crippen molar-refractivity contribution < 1.29 is 22.3 Å². The van der Waals surface area contributed by atoms with Crippen LogP contribution in [-0.4, -0.2) is 17.3 Å². The average molecular weight is 404 g/mol. The second kappa shape index (κ2) is 8.68. The van der Waals surface area contributed by atoms with Gasteiger partial charge in [0.05, 0.1) is 19.3 Å². The van der Waals surface area contributed by atoms with Crippen LogP contribution in [0, 0.1) is 6.92 Å². The third-order valence-electron chi connectivity index (χ3n) is 3.90. The summed E-state index contributed by atoms with van der Waals surface area (Å²) in [6.45, 7) is 2.46. The molecule has 0 radical (unpaired) electrons. The van der Waals surface area contributed by atoms with Crippen LogP contribution in [0.2, 0.25) is 0 Å². The van der Waals surface area contributed by atoms with Crippen LogP contribution in [0.15, 0.2) is 64.1 Å². The van der Waals surface area contributed by atoms with Crippen LogP contribution in [0.5, 0.6) is 5.75 Å². The third kappa shape index (κ3) is 6.27. The molecule has 0 aliphatic rings. The minimum atomic E-state index is -4.72. The van der Waals surface area contributed by atoms with Crippen LogP contribution in [0.3, 0.4) is 0 Å². The maximum Gasteiger partial charge on any atom is 0.573 e. The molecule has 6 nitrogen and oxygen atoms in total. The van der Waals surface area contributed by atoms with Crippen LogP contribution >= 0.6 is 0 Å². The molecule has 0 saturated heterocycles. The number of oxazole rings is 1. The number of aryl methyl sites for hydroxylation is 1. The fourth-order valence-electron chi connectivity index (χ4n) is 2.44. The predicted molar refractivity (Wildman–Crippen MR) is 102 cm³/mol. The van der Waals surface area contributed by atoms with E-state index in [2.05, 4.69) is 20.0 Å². The van der Waals surface area contributed by atoms with Gasteiger partial charge in [-0.15, -0.1) is 13.2 Å². The molecule has 0 spiro atoms. The summed E-state index contributed by atoms with van der Waals surface area (Å²) in [5.41, 5.74) is 8.57. The summed E-state index contributed by atoms with van der Waals surface area (Å²) in [4.78, 5) is 8.34. The Morgan fingerprint density at radius 3 is 2.48 bits per heavy atom. The maximum absolute atomic E-state index is 12.2. The zero-order valence-electron chi connectivity index (χ0n) is 15.5. The Morgan fingerprint density at radius 2 is 1.83 bits per heavy atom. The van der Waals surface area contributed by atoms with Crippen molar-refractivity contribution in [2.75, 3.05) is 0 Å². The van der Waals surface area contributed by atoms with E-state index < -0.39 is 6.36 Å². The van der Waals surface area contributed by atoms with Gasteiger partial charge >= 0.3 is 6.36 Å². The summed E-state index contributed by atoms with van der Waals surface area (Å²) in [6, 6.07) is 13.3. The summed E-state index contributed by atoms with van der Waals surface area (Å²) in [7, 11) is 0. The fourth-order valence-corrected chi connectivity index (χ4v) is 2.44. The lowest BCUT2D eigenvalue weighted by Gasteiger charge is -2.09. The van der Waals surface area contributed by atoms with Gasteiger partial charge in [-0.3, -0.25) is 0 Å². The lowest BCUT2D eigenvalue weighted by Crippen LogP contribution is -2.31. The molecule has 0 fully saturated rings. The number of guanidine groups is 1. The van der Waals surface area contributed by atoms with Crippen molar-refractivity contribution in [2.45, 2.75) is 26.4 Å². The molecule has 29 heavy (non-hydrogen) atoms. The topological polar surface area (TPSA) is 85.7 Å². The molecular formula is C20H19F3N4O2. The van der Waals surface area contributed by atoms with E-state index >= 15 is 0 Å². The molecule has 0 aliphatic carbocycles. The SMILES string of the molecule is Cc1ccc(-c2cnc(CNC(N)=NCc3ccc(OC(F)(F)F)cc3)o2)cc1. The van der Waals surface area contributed by atoms with Crippen molar-refractivity contribution in [3.8, 4) is 17.1 Å². The quantitative estimate of drug-likeness (QED) is 0.476. The van der Waals surface area contributed by atoms with Crippen molar-refractivity contribution in [1.29, 1.82) is 0 Å². The molecule has 0 amide bonds. The first-order valence-electron chi connectivity index (χ1n) is 8.69. The number of nitrogens with one attached hydrogen (secondary N) is 1. The first-order valence-corrected chi connectivity index (χ1v) is 8.69. The highest BCUT2D eigenvalue weighted by Gasteiger charge is 2.30. The molecule has 1 heterocycles. The van der Waals surface area contributed by atoms with Gasteiger partial charge in [0.1, 0.15) is 5.75 Å². The molecule has 3 N–H and O–H groups in total. The molecule has 0 aliphatic heterocycles. The number of alkyl halides is 3. The summed E-state index contributed by atoms with van der Waals surface area (Å²) in [5.74, 6) is 0.978. The number of hydrogen-bond donors (Lipinski definition) is 2. The number of ether oxygens (including phenoxy) is 1.